The van der Waals surface area contributed by atoms with Gasteiger partial charge in [0, 0.05) is 10.6 Å². The van der Waals surface area contributed by atoms with Crippen LogP contribution in [0.2, 0.25) is 5.02 Å². The summed E-state index contributed by atoms with van der Waals surface area (Å²) in [5, 5.41) is 0.607. The number of hydrogen-bond acceptors (Lipinski definition) is 2. The Morgan fingerprint density at radius 3 is 2.42 bits per heavy atom. The van der Waals surface area contributed by atoms with Gasteiger partial charge in [-0.1, -0.05) is 23.7 Å². The molecule has 4 heteroatoms. The van der Waals surface area contributed by atoms with Gasteiger partial charge >= 0.3 is 0 Å². The van der Waals surface area contributed by atoms with Crippen LogP contribution >= 0.6 is 27.5 Å². The summed E-state index contributed by atoms with van der Waals surface area (Å²) < 4.78 is 6.49. The maximum Gasteiger partial charge on any atom is 0.202 e. The molecule has 0 aliphatic carbocycles. The fourth-order valence-corrected chi connectivity index (χ4v) is 2.14. The zero-order chi connectivity index (χ0) is 13.8. The van der Waals surface area contributed by atoms with Gasteiger partial charge in [0.15, 0.2) is 6.10 Å². The van der Waals surface area contributed by atoms with Crippen molar-refractivity contribution in [1.82, 2.24) is 0 Å². The molecule has 0 fully saturated rings. The molecule has 0 saturated carbocycles. The Morgan fingerprint density at radius 2 is 1.79 bits per heavy atom. The molecule has 0 heterocycles. The molecule has 0 aliphatic rings. The highest BCUT2D eigenvalue weighted by molar-refractivity contribution is 9.10. The minimum atomic E-state index is -0.556. The van der Waals surface area contributed by atoms with E-state index in [9.17, 15) is 4.79 Å². The van der Waals surface area contributed by atoms with Gasteiger partial charge in [0.1, 0.15) is 5.75 Å². The van der Waals surface area contributed by atoms with Crippen LogP contribution in [0, 0.1) is 0 Å². The quantitative estimate of drug-likeness (QED) is 0.751. The molecule has 0 saturated heterocycles. The van der Waals surface area contributed by atoms with Gasteiger partial charge in [-0.15, -0.1) is 0 Å². The van der Waals surface area contributed by atoms with Crippen LogP contribution in [0.25, 0.3) is 0 Å². The fraction of sp³-hybridized carbons (Fsp3) is 0.133. The van der Waals surface area contributed by atoms with Crippen molar-refractivity contribution < 1.29 is 9.53 Å². The molecule has 98 valence electrons. The Bertz CT molecular complexity index is 581. The van der Waals surface area contributed by atoms with E-state index in [4.69, 9.17) is 16.3 Å². The number of hydrogen-bond donors (Lipinski definition) is 0. The molecule has 2 aromatic carbocycles. The molecular weight excluding hydrogens is 328 g/mol. The van der Waals surface area contributed by atoms with E-state index in [0.29, 0.717) is 16.3 Å². The lowest BCUT2D eigenvalue weighted by atomic mass is 10.1. The first-order valence-corrected chi connectivity index (χ1v) is 6.96. The van der Waals surface area contributed by atoms with Crippen molar-refractivity contribution in [3.8, 4) is 5.75 Å². The van der Waals surface area contributed by atoms with E-state index < -0.39 is 6.10 Å². The van der Waals surface area contributed by atoms with Crippen LogP contribution in [0.5, 0.6) is 5.75 Å². The van der Waals surface area contributed by atoms with E-state index in [1.165, 1.54) is 0 Å². The molecule has 2 nitrogen and oxygen atoms in total. The van der Waals surface area contributed by atoms with Crippen LogP contribution in [-0.2, 0) is 0 Å². The molecule has 0 unspecified atom stereocenters. The molecule has 0 bridgehead atoms. The lowest BCUT2D eigenvalue weighted by Crippen LogP contribution is -2.24. The normalized spacial score (nSPS) is 11.9. The zero-order valence-electron chi connectivity index (χ0n) is 10.3. The molecule has 0 radical (unpaired) electrons. The second-order valence-electron chi connectivity index (χ2n) is 4.06. The van der Waals surface area contributed by atoms with Crippen LogP contribution in [0.3, 0.4) is 0 Å². The molecule has 1 atom stereocenters. The maximum absolute atomic E-state index is 12.2. The Morgan fingerprint density at radius 1 is 1.16 bits per heavy atom. The smallest absolute Gasteiger partial charge is 0.202 e. The van der Waals surface area contributed by atoms with Crippen molar-refractivity contribution in [2.75, 3.05) is 0 Å². The first kappa shape index (κ1) is 14.1. The SMILES string of the molecule is C[C@H](Oc1ccccc1Br)C(=O)c1ccc(Cl)cc1. The van der Waals surface area contributed by atoms with Crippen molar-refractivity contribution in [3.63, 3.8) is 0 Å². The van der Waals surface area contributed by atoms with Crippen molar-refractivity contribution in [2.24, 2.45) is 0 Å². The standard InChI is InChI=1S/C15H12BrClO2/c1-10(19-14-5-3-2-4-13(14)16)15(18)11-6-8-12(17)9-7-11/h2-10H,1H3/t10-/m0/s1. The van der Waals surface area contributed by atoms with Gasteiger partial charge in [-0.2, -0.15) is 0 Å². The number of para-hydroxylation sites is 1. The number of halogens is 2. The maximum atomic E-state index is 12.2. The number of rotatable bonds is 4. The average Bonchev–Trinajstić information content (AvgIpc) is 2.41. The van der Waals surface area contributed by atoms with Crippen LogP contribution in [0.4, 0.5) is 0 Å². The summed E-state index contributed by atoms with van der Waals surface area (Å²) in [7, 11) is 0. The number of carbonyl (C=O) groups is 1. The van der Waals surface area contributed by atoms with Crippen LogP contribution < -0.4 is 4.74 Å². The van der Waals surface area contributed by atoms with E-state index >= 15 is 0 Å². The Balaban J connectivity index is 2.12. The molecular formula is C15H12BrClO2. The molecule has 0 aliphatic heterocycles. The largest absolute Gasteiger partial charge is 0.481 e. The third-order valence-electron chi connectivity index (χ3n) is 2.64. The van der Waals surface area contributed by atoms with Gasteiger partial charge in [0.2, 0.25) is 5.78 Å². The van der Waals surface area contributed by atoms with E-state index in [2.05, 4.69) is 15.9 Å². The van der Waals surface area contributed by atoms with E-state index in [1.807, 2.05) is 24.3 Å². The minimum absolute atomic E-state index is 0.0765. The predicted molar refractivity (Wildman–Crippen MR) is 80.0 cm³/mol. The van der Waals surface area contributed by atoms with Gasteiger partial charge < -0.3 is 4.74 Å². The molecule has 0 spiro atoms. The molecule has 19 heavy (non-hydrogen) atoms. The van der Waals surface area contributed by atoms with Crippen molar-refractivity contribution in [2.45, 2.75) is 13.0 Å². The molecule has 0 N–H and O–H groups in total. The predicted octanol–water partition coefficient (Wildman–Crippen LogP) is 4.75. The van der Waals surface area contributed by atoms with E-state index in [-0.39, 0.29) is 5.78 Å². The summed E-state index contributed by atoms with van der Waals surface area (Å²) in [6, 6.07) is 14.2. The summed E-state index contributed by atoms with van der Waals surface area (Å²) in [6.07, 6.45) is -0.556. The summed E-state index contributed by atoms with van der Waals surface area (Å²) >= 11 is 9.18. The second kappa shape index (κ2) is 6.22. The molecule has 2 aromatic rings. The zero-order valence-corrected chi connectivity index (χ0v) is 12.6. The van der Waals surface area contributed by atoms with Crippen molar-refractivity contribution in [3.05, 3.63) is 63.6 Å². The van der Waals surface area contributed by atoms with E-state index in [0.717, 1.165) is 4.47 Å². The van der Waals surface area contributed by atoms with Crippen molar-refractivity contribution >= 4 is 33.3 Å². The highest BCUT2D eigenvalue weighted by Crippen LogP contribution is 2.25. The Hall–Kier alpha value is -1.32. The topological polar surface area (TPSA) is 26.3 Å². The monoisotopic (exact) mass is 338 g/mol. The highest BCUT2D eigenvalue weighted by atomic mass is 79.9. The lowest BCUT2D eigenvalue weighted by Gasteiger charge is -2.14. The van der Waals surface area contributed by atoms with Gasteiger partial charge in [0.05, 0.1) is 4.47 Å². The summed E-state index contributed by atoms with van der Waals surface area (Å²) in [4.78, 5) is 12.2. The fourth-order valence-electron chi connectivity index (χ4n) is 1.63. The van der Waals surface area contributed by atoms with Crippen LogP contribution in [0.15, 0.2) is 53.0 Å². The van der Waals surface area contributed by atoms with Gasteiger partial charge in [-0.3, -0.25) is 4.79 Å². The van der Waals surface area contributed by atoms with Gasteiger partial charge in [-0.25, -0.2) is 0 Å². The highest BCUT2D eigenvalue weighted by Gasteiger charge is 2.17. The number of Topliss-reactive ketones (excluding diaryl/α,β-unsaturated/α-hetero) is 1. The minimum Gasteiger partial charge on any atom is -0.481 e. The molecule has 0 amide bonds. The average molecular weight is 340 g/mol. The Kier molecular flexibility index (Phi) is 4.61. The Labute approximate surface area is 125 Å². The first-order chi connectivity index (χ1) is 9.08. The third-order valence-corrected chi connectivity index (χ3v) is 3.55. The second-order valence-corrected chi connectivity index (χ2v) is 5.35. The molecule has 2 rings (SSSR count). The number of benzene rings is 2. The van der Waals surface area contributed by atoms with Crippen LogP contribution in [-0.4, -0.2) is 11.9 Å². The summed E-state index contributed by atoms with van der Waals surface area (Å²) in [6.45, 7) is 1.73. The van der Waals surface area contributed by atoms with Crippen LogP contribution in [0.1, 0.15) is 17.3 Å². The summed E-state index contributed by atoms with van der Waals surface area (Å²) in [5.41, 5.74) is 0.587. The third kappa shape index (κ3) is 3.58. The van der Waals surface area contributed by atoms with Gasteiger partial charge in [0.25, 0.3) is 0 Å². The van der Waals surface area contributed by atoms with Crippen molar-refractivity contribution in [1.29, 1.82) is 0 Å². The molecule has 0 aromatic heterocycles. The summed E-state index contributed by atoms with van der Waals surface area (Å²) in [5.74, 6) is 0.574. The number of carbonyl (C=O) groups excluding carboxylic acids is 1. The van der Waals surface area contributed by atoms with Gasteiger partial charge in [-0.05, 0) is 59.3 Å². The number of ketones is 1. The lowest BCUT2D eigenvalue weighted by molar-refractivity contribution is 0.0817. The number of ether oxygens (including phenoxy) is 1. The van der Waals surface area contributed by atoms with E-state index in [1.54, 1.807) is 31.2 Å². The first-order valence-electron chi connectivity index (χ1n) is 5.79.